The Morgan fingerprint density at radius 2 is 2.04 bits per heavy atom. The van der Waals surface area contributed by atoms with E-state index in [0.29, 0.717) is 17.4 Å². The maximum Gasteiger partial charge on any atom is 0.229 e. The first kappa shape index (κ1) is 18.4. The number of piperidine rings is 1. The highest BCUT2D eigenvalue weighted by atomic mass is 35.5. The number of anilines is 2. The average molecular weight is 397 g/mol. The van der Waals surface area contributed by atoms with Crippen LogP contribution in [0.4, 0.5) is 11.5 Å². The van der Waals surface area contributed by atoms with Crippen LogP contribution in [0.1, 0.15) is 18.4 Å². The van der Waals surface area contributed by atoms with Gasteiger partial charge in [0.25, 0.3) is 0 Å². The van der Waals surface area contributed by atoms with Crippen molar-refractivity contribution in [2.45, 2.75) is 19.8 Å². The van der Waals surface area contributed by atoms with Crippen molar-refractivity contribution in [1.29, 1.82) is 0 Å². The summed E-state index contributed by atoms with van der Waals surface area (Å²) in [5.41, 5.74) is 1.76. The summed E-state index contributed by atoms with van der Waals surface area (Å²) in [6.45, 7) is 3.43. The number of halogens is 1. The first-order valence-electron chi connectivity index (χ1n) is 9.24. The molecule has 144 valence electrons. The quantitative estimate of drug-likeness (QED) is 0.730. The lowest BCUT2D eigenvalue weighted by Crippen LogP contribution is -2.41. The van der Waals surface area contributed by atoms with Crippen molar-refractivity contribution < 1.29 is 4.79 Å². The minimum absolute atomic E-state index is 0.0121. The zero-order chi connectivity index (χ0) is 19.5. The van der Waals surface area contributed by atoms with Gasteiger partial charge in [0.2, 0.25) is 5.91 Å². The molecule has 0 radical (unpaired) electrons. The average Bonchev–Trinajstić information content (AvgIpc) is 3.26. The number of nitrogens with one attached hydrogen (secondary N) is 1. The molecule has 3 aromatic rings. The molecule has 4 rings (SSSR count). The predicted octanol–water partition coefficient (Wildman–Crippen LogP) is 3.48. The summed E-state index contributed by atoms with van der Waals surface area (Å²) in [6, 6.07) is 9.35. The van der Waals surface area contributed by atoms with Crippen molar-refractivity contribution in [2.24, 2.45) is 5.92 Å². The smallest absolute Gasteiger partial charge is 0.229 e. The summed E-state index contributed by atoms with van der Waals surface area (Å²) in [5.74, 6) is 1.39. The second kappa shape index (κ2) is 7.98. The van der Waals surface area contributed by atoms with Crippen molar-refractivity contribution in [2.75, 3.05) is 23.3 Å². The molecule has 3 heterocycles. The van der Waals surface area contributed by atoms with Crippen molar-refractivity contribution in [3.8, 4) is 5.82 Å². The fourth-order valence-electron chi connectivity index (χ4n) is 3.38. The van der Waals surface area contributed by atoms with Crippen LogP contribution < -0.4 is 10.2 Å². The monoisotopic (exact) mass is 396 g/mol. The molecule has 1 aromatic carbocycles. The number of carbonyl (C=O) groups excluding carboxylic acids is 1. The van der Waals surface area contributed by atoms with E-state index in [9.17, 15) is 4.79 Å². The number of hydrogen-bond donors (Lipinski definition) is 1. The number of hydrogen-bond acceptors (Lipinski definition) is 5. The molecular weight excluding hydrogens is 376 g/mol. The van der Waals surface area contributed by atoms with Gasteiger partial charge in [0.05, 0.1) is 5.92 Å². The second-order valence-electron chi connectivity index (χ2n) is 6.95. The van der Waals surface area contributed by atoms with Crippen molar-refractivity contribution in [3.05, 3.63) is 59.6 Å². The zero-order valence-corrected chi connectivity index (χ0v) is 16.3. The summed E-state index contributed by atoms with van der Waals surface area (Å²) >= 11 is 6.06. The highest BCUT2D eigenvalue weighted by Gasteiger charge is 2.27. The number of amides is 1. The summed E-state index contributed by atoms with van der Waals surface area (Å²) in [5, 5.41) is 12.2. The number of nitrogens with zero attached hydrogens (tertiary/aromatic N) is 5. The molecule has 2 aromatic heterocycles. The Morgan fingerprint density at radius 3 is 2.79 bits per heavy atom. The van der Waals surface area contributed by atoms with Crippen LogP contribution in [0.15, 0.2) is 49.1 Å². The SMILES string of the molecule is Cc1ccc(Cl)cc1NC(=O)C1CCCN(c2ccc(-n3ccnc3)nn2)C1. The lowest BCUT2D eigenvalue weighted by atomic mass is 9.97. The molecule has 1 aliphatic rings. The molecule has 1 unspecified atom stereocenters. The fraction of sp³-hybridized carbons (Fsp3) is 0.300. The van der Waals surface area contributed by atoms with Crippen molar-refractivity contribution in [3.63, 3.8) is 0 Å². The van der Waals surface area contributed by atoms with E-state index >= 15 is 0 Å². The molecule has 0 spiro atoms. The van der Waals surface area contributed by atoms with Crippen LogP contribution >= 0.6 is 11.6 Å². The maximum absolute atomic E-state index is 12.8. The zero-order valence-electron chi connectivity index (χ0n) is 15.5. The van der Waals surface area contributed by atoms with Gasteiger partial charge in [-0.2, -0.15) is 0 Å². The normalized spacial score (nSPS) is 16.8. The van der Waals surface area contributed by atoms with Crippen molar-refractivity contribution in [1.82, 2.24) is 19.7 Å². The topological polar surface area (TPSA) is 75.9 Å². The number of imidazole rings is 1. The number of aryl methyl sites for hydroxylation is 1. The van der Waals surface area contributed by atoms with E-state index < -0.39 is 0 Å². The standard InChI is InChI=1S/C20H21ClN6O/c1-14-4-5-16(21)11-17(14)23-20(28)15-3-2-9-26(12-15)18-6-7-19(25-24-18)27-10-8-22-13-27/h4-8,10-11,13,15H,2-3,9,12H2,1H3,(H,23,28). The van der Waals surface area contributed by atoms with Crippen LogP contribution in [0.2, 0.25) is 5.02 Å². The Labute approximate surface area is 168 Å². The van der Waals surface area contributed by atoms with Gasteiger partial charge in [0.1, 0.15) is 6.33 Å². The third kappa shape index (κ3) is 3.99. The third-order valence-electron chi connectivity index (χ3n) is 4.98. The largest absolute Gasteiger partial charge is 0.354 e. The van der Waals surface area contributed by atoms with E-state index in [-0.39, 0.29) is 11.8 Å². The summed E-state index contributed by atoms with van der Waals surface area (Å²) < 4.78 is 1.80. The Kier molecular flexibility index (Phi) is 5.25. The predicted molar refractivity (Wildman–Crippen MR) is 109 cm³/mol. The van der Waals surface area contributed by atoms with Gasteiger partial charge in [0, 0.05) is 36.2 Å². The van der Waals surface area contributed by atoms with Crippen molar-refractivity contribution >= 4 is 29.0 Å². The molecule has 1 saturated heterocycles. The van der Waals surface area contributed by atoms with E-state index in [1.807, 2.05) is 37.4 Å². The van der Waals surface area contributed by atoms with Gasteiger partial charge in [-0.1, -0.05) is 17.7 Å². The van der Waals surface area contributed by atoms with Crippen LogP contribution in [0.25, 0.3) is 5.82 Å². The molecular formula is C20H21ClN6O. The molecule has 28 heavy (non-hydrogen) atoms. The van der Waals surface area contributed by atoms with Gasteiger partial charge < -0.3 is 10.2 Å². The Hall–Kier alpha value is -2.93. The van der Waals surface area contributed by atoms with Crippen LogP contribution in [-0.2, 0) is 4.79 Å². The highest BCUT2D eigenvalue weighted by molar-refractivity contribution is 6.31. The lowest BCUT2D eigenvalue weighted by molar-refractivity contribution is -0.120. The number of rotatable bonds is 4. The molecule has 0 aliphatic carbocycles. The van der Waals surface area contributed by atoms with Gasteiger partial charge in [-0.25, -0.2) is 4.98 Å². The van der Waals surface area contributed by atoms with Crippen LogP contribution in [0, 0.1) is 12.8 Å². The van der Waals surface area contributed by atoms with Crippen LogP contribution in [0.3, 0.4) is 0 Å². The number of aromatic nitrogens is 4. The fourth-order valence-corrected chi connectivity index (χ4v) is 3.55. The number of benzene rings is 1. The first-order chi connectivity index (χ1) is 13.6. The Balaban J connectivity index is 1.44. The summed E-state index contributed by atoms with van der Waals surface area (Å²) in [4.78, 5) is 18.9. The molecule has 1 fully saturated rings. The molecule has 7 nitrogen and oxygen atoms in total. The minimum atomic E-state index is -0.109. The van der Waals surface area contributed by atoms with E-state index in [1.54, 1.807) is 23.2 Å². The molecule has 1 N–H and O–H groups in total. The lowest BCUT2D eigenvalue weighted by Gasteiger charge is -2.32. The molecule has 0 saturated carbocycles. The number of carbonyl (C=O) groups is 1. The highest BCUT2D eigenvalue weighted by Crippen LogP contribution is 2.25. The second-order valence-corrected chi connectivity index (χ2v) is 7.39. The van der Waals surface area contributed by atoms with Gasteiger partial charge in [-0.3, -0.25) is 9.36 Å². The Morgan fingerprint density at radius 1 is 1.21 bits per heavy atom. The summed E-state index contributed by atoms with van der Waals surface area (Å²) in [7, 11) is 0. The summed E-state index contributed by atoms with van der Waals surface area (Å²) in [6.07, 6.45) is 6.98. The first-order valence-corrected chi connectivity index (χ1v) is 9.62. The molecule has 1 aliphatic heterocycles. The maximum atomic E-state index is 12.8. The van der Waals surface area contributed by atoms with Gasteiger partial charge in [-0.05, 0) is 49.6 Å². The minimum Gasteiger partial charge on any atom is -0.354 e. The van der Waals surface area contributed by atoms with Gasteiger partial charge >= 0.3 is 0 Å². The van der Waals surface area contributed by atoms with Gasteiger partial charge in [0.15, 0.2) is 11.6 Å². The third-order valence-corrected chi connectivity index (χ3v) is 5.21. The molecule has 8 heteroatoms. The Bertz CT molecular complexity index is 957. The molecule has 1 amide bonds. The van der Waals surface area contributed by atoms with E-state index in [2.05, 4.69) is 25.4 Å². The molecule has 0 bridgehead atoms. The van der Waals surface area contributed by atoms with E-state index in [4.69, 9.17) is 11.6 Å². The van der Waals surface area contributed by atoms with E-state index in [0.717, 1.165) is 36.5 Å². The molecule has 1 atom stereocenters. The van der Waals surface area contributed by atoms with Crippen LogP contribution in [-0.4, -0.2) is 38.7 Å². The van der Waals surface area contributed by atoms with E-state index in [1.165, 1.54) is 0 Å². The van der Waals surface area contributed by atoms with Gasteiger partial charge in [-0.15, -0.1) is 10.2 Å². The van der Waals surface area contributed by atoms with Crippen LogP contribution in [0.5, 0.6) is 0 Å².